The second-order valence-corrected chi connectivity index (χ2v) is 6.10. The highest BCUT2D eigenvalue weighted by molar-refractivity contribution is 5.75. The van der Waals surface area contributed by atoms with Crippen molar-refractivity contribution in [3.8, 4) is 0 Å². The van der Waals surface area contributed by atoms with E-state index >= 15 is 0 Å². The maximum Gasteiger partial charge on any atom is 0.317 e. The number of rotatable bonds is 8. The van der Waals surface area contributed by atoms with Gasteiger partial charge in [-0.3, -0.25) is 4.79 Å². The molecule has 1 fully saturated rings. The number of nitrogens with one attached hydrogen (secondary N) is 1. The van der Waals surface area contributed by atoms with Crippen LogP contribution in [-0.4, -0.2) is 41.1 Å². The molecule has 1 atom stereocenters. The predicted octanol–water partition coefficient (Wildman–Crippen LogP) is 3.05. The summed E-state index contributed by atoms with van der Waals surface area (Å²) in [5, 5.41) is 11.4. The van der Waals surface area contributed by atoms with Crippen molar-refractivity contribution >= 4 is 12.0 Å². The Bertz CT molecular complexity index is 504. The van der Waals surface area contributed by atoms with Crippen LogP contribution in [0.25, 0.3) is 0 Å². The minimum Gasteiger partial charge on any atom is -0.481 e. The Balaban J connectivity index is 1.69. The summed E-state index contributed by atoms with van der Waals surface area (Å²) < 4.78 is 0. The summed E-state index contributed by atoms with van der Waals surface area (Å²) >= 11 is 0. The quantitative estimate of drug-likeness (QED) is 0.724. The molecule has 2 rings (SSSR count). The van der Waals surface area contributed by atoms with Crippen molar-refractivity contribution in [3.05, 3.63) is 35.9 Å². The fourth-order valence-electron chi connectivity index (χ4n) is 3.13. The van der Waals surface area contributed by atoms with Gasteiger partial charge in [0.25, 0.3) is 0 Å². The second-order valence-electron chi connectivity index (χ2n) is 6.10. The van der Waals surface area contributed by atoms with E-state index in [2.05, 4.69) is 29.6 Å². The van der Waals surface area contributed by atoms with E-state index in [0.717, 1.165) is 38.6 Å². The van der Waals surface area contributed by atoms with Gasteiger partial charge >= 0.3 is 12.0 Å². The van der Waals surface area contributed by atoms with Crippen LogP contribution in [0.4, 0.5) is 4.79 Å². The van der Waals surface area contributed by atoms with Crippen molar-refractivity contribution in [2.24, 2.45) is 0 Å². The highest BCUT2D eigenvalue weighted by atomic mass is 16.4. The van der Waals surface area contributed by atoms with Crippen LogP contribution in [-0.2, 0) is 11.2 Å². The smallest absolute Gasteiger partial charge is 0.317 e. The lowest BCUT2D eigenvalue weighted by molar-refractivity contribution is -0.137. The van der Waals surface area contributed by atoms with Gasteiger partial charge in [0.05, 0.1) is 0 Å². The first kappa shape index (κ1) is 17.3. The summed E-state index contributed by atoms with van der Waals surface area (Å²) in [6, 6.07) is 10.7. The molecule has 5 heteroatoms. The van der Waals surface area contributed by atoms with E-state index in [1.165, 1.54) is 5.56 Å². The Morgan fingerprint density at radius 2 is 2.00 bits per heavy atom. The minimum atomic E-state index is -0.820. The zero-order chi connectivity index (χ0) is 16.5. The number of aliphatic carboxylic acids is 1. The van der Waals surface area contributed by atoms with E-state index in [4.69, 9.17) is 5.11 Å². The van der Waals surface area contributed by atoms with Crippen LogP contribution >= 0.6 is 0 Å². The van der Waals surface area contributed by atoms with Crippen molar-refractivity contribution in [3.63, 3.8) is 0 Å². The summed E-state index contributed by atoms with van der Waals surface area (Å²) in [5.41, 5.74) is 1.34. The molecule has 0 spiro atoms. The first-order chi connectivity index (χ1) is 11.2. The number of carbonyl (C=O) groups excluding carboxylic acids is 1. The van der Waals surface area contributed by atoms with Gasteiger partial charge in [-0.05, 0) is 44.1 Å². The Labute approximate surface area is 137 Å². The predicted molar refractivity (Wildman–Crippen MR) is 89.4 cm³/mol. The molecule has 2 amide bonds. The third-order valence-corrected chi connectivity index (χ3v) is 4.33. The first-order valence-electron chi connectivity index (χ1n) is 8.47. The number of likely N-dealkylation sites (tertiary alicyclic amines) is 1. The average Bonchev–Trinajstić information content (AvgIpc) is 3.01. The maximum atomic E-state index is 12.2. The maximum absolute atomic E-state index is 12.2. The Morgan fingerprint density at radius 1 is 1.22 bits per heavy atom. The molecule has 0 saturated carbocycles. The number of carboxylic acids is 1. The molecular formula is C18H26N2O3. The van der Waals surface area contributed by atoms with Gasteiger partial charge < -0.3 is 15.3 Å². The average molecular weight is 318 g/mol. The summed E-state index contributed by atoms with van der Waals surface area (Å²) in [5.74, 6) is -0.820. The molecule has 5 nitrogen and oxygen atoms in total. The van der Waals surface area contributed by atoms with Gasteiger partial charge in [-0.2, -0.15) is 0 Å². The number of carboxylic acid groups (broad SMARTS) is 1. The van der Waals surface area contributed by atoms with Crippen molar-refractivity contribution in [2.75, 3.05) is 13.1 Å². The van der Waals surface area contributed by atoms with E-state index in [0.29, 0.717) is 19.0 Å². The Morgan fingerprint density at radius 3 is 2.74 bits per heavy atom. The lowest BCUT2D eigenvalue weighted by atomic mass is 10.0. The fourth-order valence-corrected chi connectivity index (χ4v) is 3.13. The van der Waals surface area contributed by atoms with Crippen LogP contribution in [0.2, 0.25) is 0 Å². The topological polar surface area (TPSA) is 69.6 Å². The zero-order valence-electron chi connectivity index (χ0n) is 13.5. The monoisotopic (exact) mass is 318 g/mol. The largest absolute Gasteiger partial charge is 0.481 e. The summed E-state index contributed by atoms with van der Waals surface area (Å²) in [4.78, 5) is 24.6. The molecule has 1 unspecified atom stereocenters. The summed E-state index contributed by atoms with van der Waals surface area (Å²) in [6.07, 6.45) is 5.85. The molecule has 1 aliphatic heterocycles. The van der Waals surface area contributed by atoms with E-state index < -0.39 is 5.97 Å². The van der Waals surface area contributed by atoms with Crippen LogP contribution < -0.4 is 5.32 Å². The van der Waals surface area contributed by atoms with Gasteiger partial charge in [-0.1, -0.05) is 30.3 Å². The third kappa shape index (κ3) is 5.93. The standard InChI is InChI=1S/C18H26N2O3/c21-17(22)12-5-13-19-18(23)20-14-6-11-16(20)10-4-9-15-7-2-1-3-8-15/h1-3,7-8,16H,4-6,9-14H2,(H,19,23)(H,21,22). The molecule has 0 aromatic heterocycles. The van der Waals surface area contributed by atoms with E-state index in [1.54, 1.807) is 0 Å². The molecule has 23 heavy (non-hydrogen) atoms. The zero-order valence-corrected chi connectivity index (χ0v) is 13.5. The number of benzene rings is 1. The SMILES string of the molecule is O=C(O)CCCNC(=O)N1CCCC1CCCc1ccccc1. The number of nitrogens with zero attached hydrogens (tertiary/aromatic N) is 1. The molecule has 1 aromatic rings. The molecule has 1 aromatic carbocycles. The van der Waals surface area contributed by atoms with Crippen LogP contribution in [0.3, 0.4) is 0 Å². The van der Waals surface area contributed by atoms with Crippen LogP contribution in [0.1, 0.15) is 44.1 Å². The van der Waals surface area contributed by atoms with Gasteiger partial charge in [0, 0.05) is 25.6 Å². The highest BCUT2D eigenvalue weighted by Crippen LogP contribution is 2.22. The van der Waals surface area contributed by atoms with Gasteiger partial charge in [0.1, 0.15) is 0 Å². The van der Waals surface area contributed by atoms with E-state index in [-0.39, 0.29) is 12.5 Å². The number of aryl methyl sites for hydroxylation is 1. The molecule has 1 aliphatic rings. The van der Waals surface area contributed by atoms with Gasteiger partial charge in [0.15, 0.2) is 0 Å². The molecule has 1 heterocycles. The molecule has 1 saturated heterocycles. The molecule has 0 bridgehead atoms. The van der Waals surface area contributed by atoms with Crippen molar-refractivity contribution in [1.29, 1.82) is 0 Å². The van der Waals surface area contributed by atoms with Crippen LogP contribution in [0, 0.1) is 0 Å². The molecule has 0 radical (unpaired) electrons. The molecule has 0 aliphatic carbocycles. The molecule has 126 valence electrons. The van der Waals surface area contributed by atoms with E-state index in [1.807, 2.05) is 11.0 Å². The first-order valence-corrected chi connectivity index (χ1v) is 8.47. The highest BCUT2D eigenvalue weighted by Gasteiger charge is 2.27. The van der Waals surface area contributed by atoms with Gasteiger partial charge in [-0.25, -0.2) is 4.79 Å². The Hall–Kier alpha value is -2.04. The number of carbonyl (C=O) groups is 2. The van der Waals surface area contributed by atoms with E-state index in [9.17, 15) is 9.59 Å². The van der Waals surface area contributed by atoms with Crippen LogP contribution in [0.15, 0.2) is 30.3 Å². The Kier molecular flexibility index (Phi) is 6.91. The second kappa shape index (κ2) is 9.18. The number of hydrogen-bond donors (Lipinski definition) is 2. The number of urea groups is 1. The van der Waals surface area contributed by atoms with Crippen molar-refractivity contribution in [1.82, 2.24) is 10.2 Å². The van der Waals surface area contributed by atoms with Gasteiger partial charge in [-0.15, -0.1) is 0 Å². The lowest BCUT2D eigenvalue weighted by Gasteiger charge is -2.25. The molecular weight excluding hydrogens is 292 g/mol. The van der Waals surface area contributed by atoms with Crippen molar-refractivity contribution in [2.45, 2.75) is 51.0 Å². The van der Waals surface area contributed by atoms with Crippen molar-refractivity contribution < 1.29 is 14.7 Å². The van der Waals surface area contributed by atoms with Gasteiger partial charge in [0.2, 0.25) is 0 Å². The normalized spacial score (nSPS) is 17.2. The number of hydrogen-bond acceptors (Lipinski definition) is 2. The lowest BCUT2D eigenvalue weighted by Crippen LogP contribution is -2.43. The van der Waals surface area contributed by atoms with Crippen LogP contribution in [0.5, 0.6) is 0 Å². The third-order valence-electron chi connectivity index (χ3n) is 4.33. The number of amides is 2. The summed E-state index contributed by atoms with van der Waals surface area (Å²) in [6.45, 7) is 1.24. The fraction of sp³-hybridized carbons (Fsp3) is 0.556. The molecule has 2 N–H and O–H groups in total. The summed E-state index contributed by atoms with van der Waals surface area (Å²) in [7, 11) is 0. The minimum absolute atomic E-state index is 0.0439.